The molecule has 85 heavy (non-hydrogen) atoms. The number of carbonyl (C=O) groups excluding carboxylic acids is 2. The van der Waals surface area contributed by atoms with Gasteiger partial charge in [0.15, 0.2) is 6.10 Å². The highest BCUT2D eigenvalue weighted by Gasteiger charge is 2.25. The van der Waals surface area contributed by atoms with Gasteiger partial charge in [0.1, 0.15) is 13.2 Å². The molecule has 0 aliphatic carbocycles. The molecule has 0 rings (SSSR count). The second-order valence-electron chi connectivity index (χ2n) is 23.0. The molecule has 0 amide bonds. The van der Waals surface area contributed by atoms with Gasteiger partial charge in [-0.05, 0) is 122 Å². The third kappa shape index (κ3) is 66.3. The standard InChI is InChI=1S/C76H123NO8/c1-6-8-10-12-14-16-18-20-22-24-26-28-30-32-33-34-35-36-37-38-39-40-41-43-45-47-49-51-53-55-57-59-61-63-65-67-74(79)85-72(71-84-76(75(80)81)82-69-68-77(3,4)5)70-83-73(78)66-64-62-60-58-56-54-52-50-48-46-44-42-31-29-27-25-23-21-19-17-15-13-11-9-7-2/h8-11,14-17,20-23,26-29,32-33,35-36,38-39,42,44,48,50,72,76H,6-7,12-13,18-19,24-25,30-31,34,37,40-41,43,45-47,49,51-71H2,1-5H3/p+1/b10-8-,11-9-,16-14-,17-15-,22-20-,23-21-,28-26-,29-27-,33-32-,36-35-,39-38-,44-42-,50-48-. The molecule has 0 radical (unpaired) electrons. The lowest BCUT2D eigenvalue weighted by atomic mass is 10.0. The summed E-state index contributed by atoms with van der Waals surface area (Å²) in [4.78, 5) is 37.6. The van der Waals surface area contributed by atoms with E-state index in [9.17, 15) is 19.5 Å². The number of carbonyl (C=O) groups is 3. The van der Waals surface area contributed by atoms with Crippen LogP contribution in [0.5, 0.6) is 0 Å². The van der Waals surface area contributed by atoms with Crippen molar-refractivity contribution in [3.8, 4) is 0 Å². The average molecular weight is 1180 g/mol. The largest absolute Gasteiger partial charge is 0.477 e. The molecule has 9 heteroatoms. The molecule has 1 N–H and O–H groups in total. The zero-order valence-corrected chi connectivity index (χ0v) is 54.7. The summed E-state index contributed by atoms with van der Waals surface area (Å²) in [7, 11) is 5.96. The van der Waals surface area contributed by atoms with E-state index in [1.807, 2.05) is 21.1 Å². The Morgan fingerprint density at radius 1 is 0.353 bits per heavy atom. The van der Waals surface area contributed by atoms with Gasteiger partial charge in [-0.1, -0.05) is 268 Å². The highest BCUT2D eigenvalue weighted by atomic mass is 16.7. The maximum Gasteiger partial charge on any atom is 0.361 e. The van der Waals surface area contributed by atoms with Crippen molar-refractivity contribution < 1.29 is 42.9 Å². The Kier molecular flexibility index (Phi) is 61.0. The number of carboxylic acid groups (broad SMARTS) is 1. The van der Waals surface area contributed by atoms with Gasteiger partial charge in [0, 0.05) is 12.8 Å². The number of esters is 2. The number of quaternary nitrogens is 1. The van der Waals surface area contributed by atoms with Crippen molar-refractivity contribution >= 4 is 17.9 Å². The van der Waals surface area contributed by atoms with E-state index in [0.29, 0.717) is 17.4 Å². The van der Waals surface area contributed by atoms with Gasteiger partial charge < -0.3 is 28.5 Å². The predicted octanol–water partition coefficient (Wildman–Crippen LogP) is 20.9. The maximum absolute atomic E-state index is 12.9. The second kappa shape index (κ2) is 64.9. The molecule has 0 saturated carbocycles. The minimum atomic E-state index is -1.52. The molecule has 0 aromatic carbocycles. The number of hydrogen-bond acceptors (Lipinski definition) is 7. The quantitative estimate of drug-likeness (QED) is 0.0211. The van der Waals surface area contributed by atoms with E-state index in [1.54, 1.807) is 0 Å². The van der Waals surface area contributed by atoms with Crippen molar-refractivity contribution in [1.82, 2.24) is 0 Å². The summed E-state index contributed by atoms with van der Waals surface area (Å²) in [5.74, 6) is -2.04. The number of carboxylic acids is 1. The molecular weight excluding hydrogens is 1050 g/mol. The molecule has 480 valence electrons. The van der Waals surface area contributed by atoms with Crippen LogP contribution in [0.4, 0.5) is 0 Å². The fraction of sp³-hybridized carbons (Fsp3) is 0.618. The minimum Gasteiger partial charge on any atom is -0.477 e. The number of unbranched alkanes of at least 4 members (excludes halogenated alkanes) is 19. The highest BCUT2D eigenvalue weighted by molar-refractivity contribution is 5.71. The van der Waals surface area contributed by atoms with Crippen molar-refractivity contribution in [2.45, 2.75) is 257 Å². The molecule has 0 fully saturated rings. The number of likely N-dealkylation sites (N-methyl/N-ethyl adjacent to an activating group) is 1. The zero-order chi connectivity index (χ0) is 61.9. The molecule has 0 spiro atoms. The summed E-state index contributed by atoms with van der Waals surface area (Å²) < 4.78 is 22.9. The molecule has 0 aromatic rings. The molecule has 0 saturated heterocycles. The van der Waals surface area contributed by atoms with Crippen LogP contribution in [0, 0.1) is 0 Å². The van der Waals surface area contributed by atoms with E-state index >= 15 is 0 Å². The number of nitrogens with zero attached hydrogens (tertiary/aromatic N) is 1. The summed E-state index contributed by atoms with van der Waals surface area (Å²) in [6, 6.07) is 0. The Morgan fingerprint density at radius 3 is 0.941 bits per heavy atom. The molecule has 9 nitrogen and oxygen atoms in total. The third-order valence-electron chi connectivity index (χ3n) is 13.8. The molecule has 0 bridgehead atoms. The first-order chi connectivity index (χ1) is 41.6. The van der Waals surface area contributed by atoms with Crippen molar-refractivity contribution in [1.29, 1.82) is 0 Å². The number of aliphatic carboxylic acids is 1. The van der Waals surface area contributed by atoms with Gasteiger partial charge in [-0.15, -0.1) is 0 Å². The van der Waals surface area contributed by atoms with E-state index in [4.69, 9.17) is 18.9 Å². The summed E-state index contributed by atoms with van der Waals surface area (Å²) >= 11 is 0. The van der Waals surface area contributed by atoms with Gasteiger partial charge in [0.25, 0.3) is 6.29 Å². The first-order valence-electron chi connectivity index (χ1n) is 33.6. The molecule has 0 heterocycles. The summed E-state index contributed by atoms with van der Waals surface area (Å²) in [6.45, 7) is 4.62. The zero-order valence-electron chi connectivity index (χ0n) is 54.7. The topological polar surface area (TPSA) is 108 Å². The predicted molar refractivity (Wildman–Crippen MR) is 363 cm³/mol. The van der Waals surface area contributed by atoms with Crippen LogP contribution in [0.3, 0.4) is 0 Å². The van der Waals surface area contributed by atoms with Crippen molar-refractivity contribution in [3.63, 3.8) is 0 Å². The Hall–Kier alpha value is -5.09. The van der Waals surface area contributed by atoms with Gasteiger partial charge in [-0.3, -0.25) is 9.59 Å². The molecule has 2 unspecified atom stereocenters. The summed E-state index contributed by atoms with van der Waals surface area (Å²) in [6.07, 6.45) is 93.4. The van der Waals surface area contributed by atoms with Crippen LogP contribution in [0.2, 0.25) is 0 Å². The van der Waals surface area contributed by atoms with Crippen LogP contribution >= 0.6 is 0 Å². The lowest BCUT2D eigenvalue weighted by molar-refractivity contribution is -0.870. The number of hydrogen-bond donors (Lipinski definition) is 1. The van der Waals surface area contributed by atoms with Crippen LogP contribution in [0.25, 0.3) is 0 Å². The van der Waals surface area contributed by atoms with Gasteiger partial charge >= 0.3 is 17.9 Å². The van der Waals surface area contributed by atoms with Crippen molar-refractivity contribution in [2.75, 3.05) is 47.5 Å². The first-order valence-corrected chi connectivity index (χ1v) is 33.6. The van der Waals surface area contributed by atoms with Crippen molar-refractivity contribution in [3.05, 3.63) is 158 Å². The second-order valence-corrected chi connectivity index (χ2v) is 23.0. The third-order valence-corrected chi connectivity index (χ3v) is 13.8. The summed E-state index contributed by atoms with van der Waals surface area (Å²) in [5, 5.41) is 9.74. The molecule has 2 atom stereocenters. The summed E-state index contributed by atoms with van der Waals surface area (Å²) in [5.41, 5.74) is 0. The maximum atomic E-state index is 12.9. The fourth-order valence-electron chi connectivity index (χ4n) is 8.70. The Balaban J connectivity index is 4.21. The van der Waals surface area contributed by atoms with Crippen LogP contribution in [-0.2, 0) is 33.3 Å². The Labute approximate surface area is 521 Å². The molecule has 0 aliphatic rings. The van der Waals surface area contributed by atoms with Gasteiger partial charge in [-0.2, -0.15) is 0 Å². The lowest BCUT2D eigenvalue weighted by Gasteiger charge is -2.25. The van der Waals surface area contributed by atoms with Crippen LogP contribution in [0.15, 0.2) is 158 Å². The molecule has 0 aliphatic heterocycles. The fourth-order valence-corrected chi connectivity index (χ4v) is 8.70. The van der Waals surface area contributed by atoms with Gasteiger partial charge in [0.2, 0.25) is 0 Å². The monoisotopic (exact) mass is 1180 g/mol. The minimum absolute atomic E-state index is 0.177. The molecule has 0 aromatic heterocycles. The van der Waals surface area contributed by atoms with E-state index in [2.05, 4.69) is 172 Å². The van der Waals surface area contributed by atoms with E-state index < -0.39 is 24.3 Å². The Bertz CT molecular complexity index is 1950. The highest BCUT2D eigenvalue weighted by Crippen LogP contribution is 2.16. The van der Waals surface area contributed by atoms with Crippen LogP contribution in [0.1, 0.15) is 245 Å². The van der Waals surface area contributed by atoms with E-state index in [-0.39, 0.29) is 38.6 Å². The number of allylic oxidation sites excluding steroid dienone is 26. The van der Waals surface area contributed by atoms with E-state index in [1.165, 1.54) is 64.2 Å². The Morgan fingerprint density at radius 2 is 0.635 bits per heavy atom. The van der Waals surface area contributed by atoms with Crippen LogP contribution < -0.4 is 0 Å². The smallest absolute Gasteiger partial charge is 0.361 e. The van der Waals surface area contributed by atoms with Gasteiger partial charge in [-0.25, -0.2) is 4.79 Å². The SMILES string of the molecule is CC/C=C\C/C=C\C/C=C\C/C=C\C/C=C\C/C=C\C/C=C\CCCCCCCCCCCCCCCC(=O)OC(COC(=O)CCCCCCCC/C=C\C/C=C\C/C=C\C/C=C\C/C=C\C/C=C\CC)COC(OCC[N+](C)(C)C)C(=O)O. The lowest BCUT2D eigenvalue weighted by Crippen LogP contribution is -2.40. The van der Waals surface area contributed by atoms with Crippen LogP contribution in [-0.4, -0.2) is 87.4 Å². The average Bonchev–Trinajstić information content (AvgIpc) is 3.48. The number of ether oxygens (including phenoxy) is 4. The molecular formula is C76H124NO8+. The van der Waals surface area contributed by atoms with E-state index in [0.717, 1.165) is 148 Å². The normalized spacial score (nSPS) is 13.8. The number of rotatable bonds is 60. The first kappa shape index (κ1) is 79.9. The van der Waals surface area contributed by atoms with Crippen molar-refractivity contribution in [2.24, 2.45) is 0 Å². The van der Waals surface area contributed by atoms with Gasteiger partial charge in [0.05, 0.1) is 34.4 Å².